The van der Waals surface area contributed by atoms with Crippen molar-refractivity contribution in [3.63, 3.8) is 0 Å². The average molecular weight is 322 g/mol. The van der Waals surface area contributed by atoms with Crippen molar-refractivity contribution in [2.45, 2.75) is 26.4 Å². The number of aryl methyl sites for hydroxylation is 1. The molecule has 0 aliphatic carbocycles. The van der Waals surface area contributed by atoms with Crippen molar-refractivity contribution in [2.75, 3.05) is 12.0 Å². The van der Waals surface area contributed by atoms with Crippen molar-refractivity contribution in [1.82, 2.24) is 4.98 Å². The summed E-state index contributed by atoms with van der Waals surface area (Å²) in [5.41, 5.74) is 8.23. The van der Waals surface area contributed by atoms with E-state index in [0.717, 1.165) is 51.8 Å². The van der Waals surface area contributed by atoms with Crippen molar-refractivity contribution in [3.8, 4) is 0 Å². The van der Waals surface area contributed by atoms with Gasteiger partial charge in [0.05, 0.1) is 30.1 Å². The summed E-state index contributed by atoms with van der Waals surface area (Å²) in [6.45, 7) is 3.44. The number of hydrogen-bond donors (Lipinski definition) is 2. The van der Waals surface area contributed by atoms with Crippen LogP contribution in [0.5, 0.6) is 0 Å². The Kier molecular flexibility index (Phi) is 3.43. The highest BCUT2D eigenvalue weighted by Gasteiger charge is 2.19. The van der Waals surface area contributed by atoms with E-state index < -0.39 is 0 Å². The van der Waals surface area contributed by atoms with E-state index in [9.17, 15) is 0 Å². The van der Waals surface area contributed by atoms with Gasteiger partial charge in [0.15, 0.2) is 0 Å². The third-order valence-electron chi connectivity index (χ3n) is 3.57. The number of rotatable bonds is 2. The van der Waals surface area contributed by atoms with E-state index in [2.05, 4.69) is 40.4 Å². The first-order valence-corrected chi connectivity index (χ1v) is 7.22. The highest BCUT2D eigenvalue weighted by atomic mass is 79.9. The zero-order chi connectivity index (χ0) is 13.4. The summed E-state index contributed by atoms with van der Waals surface area (Å²) in [7, 11) is 0. The van der Waals surface area contributed by atoms with E-state index in [-0.39, 0.29) is 0 Å². The lowest BCUT2D eigenvalue weighted by molar-refractivity contribution is 0.110. The van der Waals surface area contributed by atoms with Crippen LogP contribution in [0.2, 0.25) is 0 Å². The molecule has 1 aliphatic rings. The maximum Gasteiger partial charge on any atom is 0.0759 e. The summed E-state index contributed by atoms with van der Waals surface area (Å²) in [5.74, 6) is 5.73. The van der Waals surface area contributed by atoms with E-state index in [1.54, 1.807) is 0 Å². The minimum atomic E-state index is 0.575. The minimum Gasteiger partial charge on any atom is -0.376 e. The lowest BCUT2D eigenvalue weighted by atomic mass is 10.00. The Morgan fingerprint density at radius 1 is 1.47 bits per heavy atom. The number of hydrogen-bond acceptors (Lipinski definition) is 4. The van der Waals surface area contributed by atoms with E-state index >= 15 is 0 Å². The average Bonchev–Trinajstić information content (AvgIpc) is 2.44. The van der Waals surface area contributed by atoms with Crippen LogP contribution in [0.25, 0.3) is 10.9 Å². The standard InChI is InChI=1S/C14H16BrN3O/c1-2-8-5-9(15)6-10-13(8)17-12-3-4-19-7-11(12)14(10)18-16/h5-6H,2-4,7,16H2,1H3,(H,17,18). The number of pyridine rings is 1. The molecule has 0 fully saturated rings. The third kappa shape index (κ3) is 2.12. The Hall–Kier alpha value is -1.17. The van der Waals surface area contributed by atoms with Crippen LogP contribution in [0.15, 0.2) is 16.6 Å². The van der Waals surface area contributed by atoms with Gasteiger partial charge in [-0.05, 0) is 24.1 Å². The fraction of sp³-hybridized carbons (Fsp3) is 0.357. The number of ether oxygens (including phenoxy) is 1. The highest BCUT2D eigenvalue weighted by Crippen LogP contribution is 2.34. The number of aromatic nitrogens is 1. The molecular formula is C14H16BrN3O. The quantitative estimate of drug-likeness (QED) is 0.659. The summed E-state index contributed by atoms with van der Waals surface area (Å²) in [6, 6.07) is 4.19. The summed E-state index contributed by atoms with van der Waals surface area (Å²) in [4.78, 5) is 4.84. The number of halogens is 1. The summed E-state index contributed by atoms with van der Waals surface area (Å²) in [5, 5.41) is 1.05. The van der Waals surface area contributed by atoms with Crippen molar-refractivity contribution in [3.05, 3.63) is 33.4 Å². The number of nitrogens with two attached hydrogens (primary N) is 1. The first kappa shape index (κ1) is 12.8. The lowest BCUT2D eigenvalue weighted by Gasteiger charge is -2.21. The maximum absolute atomic E-state index is 5.73. The SMILES string of the molecule is CCc1cc(Br)cc2c(NN)c3c(nc12)CCOC3. The molecular weight excluding hydrogens is 306 g/mol. The molecule has 100 valence electrons. The molecule has 0 saturated carbocycles. The van der Waals surface area contributed by atoms with Crippen LogP contribution < -0.4 is 11.3 Å². The molecule has 1 aliphatic heterocycles. The topological polar surface area (TPSA) is 60.2 Å². The Morgan fingerprint density at radius 2 is 2.32 bits per heavy atom. The lowest BCUT2D eigenvalue weighted by Crippen LogP contribution is -2.18. The van der Waals surface area contributed by atoms with Crippen LogP contribution in [-0.4, -0.2) is 11.6 Å². The zero-order valence-electron chi connectivity index (χ0n) is 10.8. The number of hydrazine groups is 1. The van der Waals surface area contributed by atoms with Crippen LogP contribution >= 0.6 is 15.9 Å². The summed E-state index contributed by atoms with van der Waals surface area (Å²) < 4.78 is 6.57. The normalized spacial score (nSPS) is 14.5. The molecule has 1 aromatic carbocycles. The van der Waals surface area contributed by atoms with Gasteiger partial charge in [-0.2, -0.15) is 0 Å². The van der Waals surface area contributed by atoms with Crippen molar-refractivity contribution in [1.29, 1.82) is 0 Å². The van der Waals surface area contributed by atoms with Crippen molar-refractivity contribution >= 4 is 32.5 Å². The fourth-order valence-electron chi connectivity index (χ4n) is 2.63. The van der Waals surface area contributed by atoms with Crippen LogP contribution in [0.4, 0.5) is 5.69 Å². The molecule has 3 rings (SSSR count). The van der Waals surface area contributed by atoms with Gasteiger partial charge in [0.1, 0.15) is 0 Å². The Labute approximate surface area is 120 Å². The second-order valence-electron chi connectivity index (χ2n) is 4.67. The highest BCUT2D eigenvalue weighted by molar-refractivity contribution is 9.10. The van der Waals surface area contributed by atoms with Gasteiger partial charge in [-0.25, -0.2) is 0 Å². The van der Waals surface area contributed by atoms with E-state index in [4.69, 9.17) is 15.6 Å². The summed E-state index contributed by atoms with van der Waals surface area (Å²) >= 11 is 3.56. The molecule has 5 heteroatoms. The van der Waals surface area contributed by atoms with Crippen molar-refractivity contribution < 1.29 is 4.74 Å². The molecule has 1 aromatic heterocycles. The summed E-state index contributed by atoms with van der Waals surface area (Å²) in [6.07, 6.45) is 1.79. The van der Waals surface area contributed by atoms with Crippen molar-refractivity contribution in [2.24, 2.45) is 5.84 Å². The van der Waals surface area contributed by atoms with Gasteiger partial charge < -0.3 is 10.2 Å². The van der Waals surface area contributed by atoms with Crippen LogP contribution in [0.3, 0.4) is 0 Å². The number of fused-ring (bicyclic) bond motifs is 2. The number of nitrogen functional groups attached to an aromatic ring is 1. The molecule has 4 nitrogen and oxygen atoms in total. The molecule has 2 heterocycles. The molecule has 0 amide bonds. The monoisotopic (exact) mass is 321 g/mol. The molecule has 3 N–H and O–H groups in total. The number of nitrogens with zero attached hydrogens (tertiary/aromatic N) is 1. The smallest absolute Gasteiger partial charge is 0.0759 e. The van der Waals surface area contributed by atoms with Crippen LogP contribution in [0, 0.1) is 0 Å². The molecule has 2 aromatic rings. The Morgan fingerprint density at radius 3 is 3.05 bits per heavy atom. The van der Waals surface area contributed by atoms with Crippen LogP contribution in [0.1, 0.15) is 23.7 Å². The molecule has 19 heavy (non-hydrogen) atoms. The fourth-order valence-corrected chi connectivity index (χ4v) is 3.13. The molecule has 0 bridgehead atoms. The zero-order valence-corrected chi connectivity index (χ0v) is 12.4. The van der Waals surface area contributed by atoms with E-state index in [0.29, 0.717) is 6.61 Å². The molecule has 0 spiro atoms. The minimum absolute atomic E-state index is 0.575. The van der Waals surface area contributed by atoms with Gasteiger partial charge in [-0.3, -0.25) is 10.8 Å². The first-order valence-electron chi connectivity index (χ1n) is 6.42. The number of benzene rings is 1. The molecule has 0 radical (unpaired) electrons. The van der Waals surface area contributed by atoms with Gasteiger partial charge in [0.2, 0.25) is 0 Å². The second-order valence-corrected chi connectivity index (χ2v) is 5.59. The largest absolute Gasteiger partial charge is 0.376 e. The first-order chi connectivity index (χ1) is 9.24. The van der Waals surface area contributed by atoms with Gasteiger partial charge >= 0.3 is 0 Å². The predicted octanol–water partition coefficient (Wildman–Crippen LogP) is 2.92. The second kappa shape index (κ2) is 5.07. The predicted molar refractivity (Wildman–Crippen MR) is 80.0 cm³/mol. The van der Waals surface area contributed by atoms with Gasteiger partial charge in [0.25, 0.3) is 0 Å². The Balaban J connectivity index is 2.39. The molecule has 0 unspecified atom stereocenters. The van der Waals surface area contributed by atoms with Crippen LogP contribution in [-0.2, 0) is 24.2 Å². The van der Waals surface area contributed by atoms with E-state index in [1.807, 2.05) is 0 Å². The number of anilines is 1. The Bertz CT molecular complexity index is 642. The molecule has 0 atom stereocenters. The maximum atomic E-state index is 5.73. The van der Waals surface area contributed by atoms with Gasteiger partial charge in [-0.1, -0.05) is 22.9 Å². The van der Waals surface area contributed by atoms with E-state index in [1.165, 1.54) is 5.56 Å². The third-order valence-corrected chi connectivity index (χ3v) is 4.03. The molecule has 0 saturated heterocycles. The number of nitrogens with one attached hydrogen (secondary N) is 1. The van der Waals surface area contributed by atoms with Gasteiger partial charge in [0, 0.05) is 21.8 Å². The van der Waals surface area contributed by atoms with Gasteiger partial charge in [-0.15, -0.1) is 0 Å².